The van der Waals surface area contributed by atoms with E-state index in [4.69, 9.17) is 0 Å². The number of hydrogen-bond donors (Lipinski definition) is 2. The van der Waals surface area contributed by atoms with E-state index < -0.39 is 11.2 Å². The van der Waals surface area contributed by atoms with Crippen LogP contribution in [0.25, 0.3) is 0 Å². The summed E-state index contributed by atoms with van der Waals surface area (Å²) in [5.74, 6) is 0.766. The Hall–Kier alpha value is -1.52. The molecule has 1 fully saturated rings. The lowest BCUT2D eigenvalue weighted by atomic mass is 9.93. The monoisotopic (exact) mass is 266 g/mol. The average Bonchev–Trinajstić information content (AvgIpc) is 2.71. The van der Waals surface area contributed by atoms with Crippen LogP contribution in [-0.2, 0) is 6.42 Å². The fourth-order valence-electron chi connectivity index (χ4n) is 3.37. The fraction of sp³-hybridized carbons (Fsp3) is 0.714. The summed E-state index contributed by atoms with van der Waals surface area (Å²) < 4.78 is 1.39. The minimum absolute atomic E-state index is 0.0143. The van der Waals surface area contributed by atoms with Crippen LogP contribution < -0.4 is 11.2 Å². The Balaban J connectivity index is 2.52. The molecule has 3 unspecified atom stereocenters. The maximum atomic E-state index is 12.0. The molecule has 1 aromatic heterocycles. The number of aromatic hydroxyl groups is 1. The van der Waals surface area contributed by atoms with Crippen LogP contribution in [0.1, 0.15) is 51.6 Å². The smallest absolute Gasteiger partial charge is 0.331 e. The van der Waals surface area contributed by atoms with Crippen LogP contribution in [0.5, 0.6) is 5.88 Å². The zero-order valence-corrected chi connectivity index (χ0v) is 11.8. The molecule has 1 aliphatic carbocycles. The van der Waals surface area contributed by atoms with Gasteiger partial charge < -0.3 is 5.11 Å². The zero-order valence-electron chi connectivity index (χ0n) is 11.8. The molecule has 0 radical (unpaired) electrons. The summed E-state index contributed by atoms with van der Waals surface area (Å²) in [5.41, 5.74) is -0.668. The molecule has 0 aromatic carbocycles. The summed E-state index contributed by atoms with van der Waals surface area (Å²) in [6.45, 7) is 6.07. The summed E-state index contributed by atoms with van der Waals surface area (Å²) >= 11 is 0. The van der Waals surface area contributed by atoms with Gasteiger partial charge in [-0.3, -0.25) is 14.3 Å². The van der Waals surface area contributed by atoms with Crippen LogP contribution in [0.2, 0.25) is 0 Å². The van der Waals surface area contributed by atoms with Crippen LogP contribution in [0.15, 0.2) is 9.59 Å². The third kappa shape index (κ3) is 2.22. The van der Waals surface area contributed by atoms with Crippen molar-refractivity contribution in [1.29, 1.82) is 0 Å². The van der Waals surface area contributed by atoms with Crippen molar-refractivity contribution >= 4 is 0 Å². The van der Waals surface area contributed by atoms with Crippen molar-refractivity contribution < 1.29 is 5.11 Å². The van der Waals surface area contributed by atoms with Crippen LogP contribution in [0.4, 0.5) is 0 Å². The largest absolute Gasteiger partial charge is 0.494 e. The first-order valence-electron chi connectivity index (χ1n) is 7.07. The molecule has 1 saturated carbocycles. The lowest BCUT2D eigenvalue weighted by Gasteiger charge is -2.23. The Kier molecular flexibility index (Phi) is 3.83. The number of aromatic nitrogens is 2. The summed E-state index contributed by atoms with van der Waals surface area (Å²) in [5, 5.41) is 10.2. The normalized spacial score (nSPS) is 26.8. The standard InChI is InChI=1S/C14H22N2O3/c1-4-9-6-7-11(8(9)3)16-13(18)10(5-2)12(17)15-14(16)19/h8-9,11,18H,4-7H2,1-3H3,(H,15,17,19). The quantitative estimate of drug-likeness (QED) is 0.876. The van der Waals surface area contributed by atoms with Crippen molar-refractivity contribution in [3.63, 3.8) is 0 Å². The second kappa shape index (κ2) is 5.23. The molecule has 1 heterocycles. The highest BCUT2D eigenvalue weighted by molar-refractivity contribution is 5.23. The number of nitrogens with one attached hydrogen (secondary N) is 1. The van der Waals surface area contributed by atoms with Crippen molar-refractivity contribution in [3.8, 4) is 5.88 Å². The van der Waals surface area contributed by atoms with Gasteiger partial charge in [-0.25, -0.2) is 4.79 Å². The SMILES string of the molecule is CCc1c(O)n(C2CCC(CC)C2C)c(=O)[nH]c1=O. The molecule has 106 valence electrons. The predicted octanol–water partition coefficient (Wildman–Crippen LogP) is 1.80. The second-order valence-electron chi connectivity index (χ2n) is 5.46. The Morgan fingerprint density at radius 3 is 2.53 bits per heavy atom. The van der Waals surface area contributed by atoms with Gasteiger partial charge >= 0.3 is 5.69 Å². The van der Waals surface area contributed by atoms with Gasteiger partial charge in [0.05, 0.1) is 5.56 Å². The van der Waals surface area contributed by atoms with Crippen molar-refractivity contribution in [2.75, 3.05) is 0 Å². The molecule has 5 heteroatoms. The third-order valence-electron chi connectivity index (χ3n) is 4.60. The molecule has 3 atom stereocenters. The second-order valence-corrected chi connectivity index (χ2v) is 5.46. The van der Waals surface area contributed by atoms with Crippen LogP contribution in [-0.4, -0.2) is 14.7 Å². The third-order valence-corrected chi connectivity index (χ3v) is 4.60. The van der Waals surface area contributed by atoms with Gasteiger partial charge in [0.2, 0.25) is 5.88 Å². The number of nitrogens with zero attached hydrogens (tertiary/aromatic N) is 1. The van der Waals surface area contributed by atoms with Gasteiger partial charge in [-0.05, 0) is 31.1 Å². The summed E-state index contributed by atoms with van der Waals surface area (Å²) in [6.07, 6.45) is 3.44. The highest BCUT2D eigenvalue weighted by atomic mass is 16.3. The summed E-state index contributed by atoms with van der Waals surface area (Å²) in [6, 6.07) is -0.0143. The van der Waals surface area contributed by atoms with Crippen molar-refractivity contribution in [1.82, 2.24) is 9.55 Å². The molecule has 2 rings (SSSR count). The summed E-state index contributed by atoms with van der Waals surface area (Å²) in [4.78, 5) is 26.0. The average molecular weight is 266 g/mol. The molecule has 0 saturated heterocycles. The van der Waals surface area contributed by atoms with Gasteiger partial charge in [0.15, 0.2) is 0 Å². The Morgan fingerprint density at radius 2 is 2.00 bits per heavy atom. The van der Waals surface area contributed by atoms with Gasteiger partial charge in [-0.1, -0.05) is 27.2 Å². The first-order valence-corrected chi connectivity index (χ1v) is 7.07. The van der Waals surface area contributed by atoms with Gasteiger partial charge in [-0.2, -0.15) is 0 Å². The highest BCUT2D eigenvalue weighted by Crippen LogP contribution is 2.42. The minimum Gasteiger partial charge on any atom is -0.494 e. The first-order chi connectivity index (χ1) is 9.01. The molecule has 2 N–H and O–H groups in total. The van der Waals surface area contributed by atoms with E-state index in [1.54, 1.807) is 6.92 Å². The molecule has 1 aliphatic rings. The molecule has 0 bridgehead atoms. The topological polar surface area (TPSA) is 75.1 Å². The number of rotatable bonds is 3. The van der Waals surface area contributed by atoms with Gasteiger partial charge in [0.1, 0.15) is 0 Å². The zero-order chi connectivity index (χ0) is 14.2. The van der Waals surface area contributed by atoms with Crippen molar-refractivity contribution in [3.05, 3.63) is 26.4 Å². The van der Waals surface area contributed by atoms with Gasteiger partial charge in [-0.15, -0.1) is 0 Å². The van der Waals surface area contributed by atoms with Crippen LogP contribution >= 0.6 is 0 Å². The number of aromatic amines is 1. The minimum atomic E-state index is -0.492. The van der Waals surface area contributed by atoms with E-state index in [1.807, 2.05) is 0 Å². The molecule has 0 spiro atoms. The van der Waals surface area contributed by atoms with E-state index in [-0.39, 0.29) is 11.9 Å². The van der Waals surface area contributed by atoms with E-state index >= 15 is 0 Å². The predicted molar refractivity (Wildman–Crippen MR) is 73.6 cm³/mol. The lowest BCUT2D eigenvalue weighted by molar-refractivity contribution is 0.287. The molecule has 5 nitrogen and oxygen atoms in total. The van der Waals surface area contributed by atoms with Crippen molar-refractivity contribution in [2.24, 2.45) is 11.8 Å². The molecule has 0 amide bonds. The van der Waals surface area contributed by atoms with E-state index in [0.717, 1.165) is 19.3 Å². The van der Waals surface area contributed by atoms with Crippen LogP contribution in [0, 0.1) is 11.8 Å². The van der Waals surface area contributed by atoms with Gasteiger partial charge in [0, 0.05) is 6.04 Å². The molecular formula is C14H22N2O3. The van der Waals surface area contributed by atoms with E-state index in [1.165, 1.54) is 4.57 Å². The molecule has 1 aromatic rings. The fourth-order valence-corrected chi connectivity index (χ4v) is 3.37. The maximum absolute atomic E-state index is 12.0. The molecular weight excluding hydrogens is 244 g/mol. The molecule has 0 aliphatic heterocycles. The maximum Gasteiger partial charge on any atom is 0.331 e. The Labute approximate surface area is 112 Å². The van der Waals surface area contributed by atoms with Crippen LogP contribution in [0.3, 0.4) is 0 Å². The van der Waals surface area contributed by atoms with Gasteiger partial charge in [0.25, 0.3) is 5.56 Å². The van der Waals surface area contributed by atoms with E-state index in [2.05, 4.69) is 18.8 Å². The van der Waals surface area contributed by atoms with Crippen molar-refractivity contribution in [2.45, 2.75) is 52.5 Å². The van der Waals surface area contributed by atoms with E-state index in [9.17, 15) is 14.7 Å². The van der Waals surface area contributed by atoms with E-state index in [0.29, 0.717) is 23.8 Å². The number of hydrogen-bond acceptors (Lipinski definition) is 3. The Morgan fingerprint density at radius 1 is 1.32 bits per heavy atom. The first kappa shape index (κ1) is 13.9. The lowest BCUT2D eigenvalue weighted by Crippen LogP contribution is -2.35. The Bertz CT molecular complexity index is 573. The molecule has 19 heavy (non-hydrogen) atoms. The highest BCUT2D eigenvalue weighted by Gasteiger charge is 2.35. The number of H-pyrrole nitrogens is 1. The summed E-state index contributed by atoms with van der Waals surface area (Å²) in [7, 11) is 0.